The van der Waals surface area contributed by atoms with Crippen LogP contribution in [0.2, 0.25) is 5.02 Å². The first-order valence-corrected chi connectivity index (χ1v) is 7.96. The lowest BCUT2D eigenvalue weighted by Gasteiger charge is -2.12. The lowest BCUT2D eigenvalue weighted by atomic mass is 10.1. The van der Waals surface area contributed by atoms with Gasteiger partial charge in [-0.05, 0) is 37.5 Å². The number of carbonyl (C=O) groups excluding carboxylic acids is 1. The number of rotatable bonds is 10. The highest BCUT2D eigenvalue weighted by Crippen LogP contribution is 2.20. The van der Waals surface area contributed by atoms with E-state index in [0.717, 1.165) is 38.1 Å². The molecule has 0 heterocycles. The molecular weight excluding hydrogens is 288 g/mol. The summed E-state index contributed by atoms with van der Waals surface area (Å²) in [5.41, 5.74) is 1.41. The molecule has 0 atom stereocenters. The molecule has 0 bridgehead atoms. The van der Waals surface area contributed by atoms with Crippen molar-refractivity contribution in [2.24, 2.45) is 0 Å². The van der Waals surface area contributed by atoms with Gasteiger partial charge in [0.1, 0.15) is 0 Å². The van der Waals surface area contributed by atoms with E-state index in [1.165, 1.54) is 0 Å². The second kappa shape index (κ2) is 10.5. The molecule has 0 spiro atoms. The van der Waals surface area contributed by atoms with Gasteiger partial charge in [-0.3, -0.25) is 4.79 Å². The van der Waals surface area contributed by atoms with Crippen molar-refractivity contribution in [2.45, 2.75) is 33.1 Å². The minimum atomic E-state index is -0.105. The number of nitrogens with one attached hydrogen (secondary N) is 2. The lowest BCUT2D eigenvalue weighted by Crippen LogP contribution is -2.26. The van der Waals surface area contributed by atoms with Crippen LogP contribution < -0.4 is 10.6 Å². The molecular formula is C16H25ClN2O2. The quantitative estimate of drug-likeness (QED) is 0.648. The summed E-state index contributed by atoms with van der Waals surface area (Å²) >= 11 is 5.99. The number of anilines is 1. The standard InChI is InChI=1S/C16H25ClN2O2/c1-3-8-18-15-7-6-13(17)12-14(15)16(20)19-9-5-11-21-10-4-2/h6-7,12,18H,3-5,8-11H2,1-2H3,(H,19,20). The van der Waals surface area contributed by atoms with Crippen LogP contribution in [0.25, 0.3) is 0 Å². The highest BCUT2D eigenvalue weighted by atomic mass is 35.5. The van der Waals surface area contributed by atoms with Crippen LogP contribution in [0.5, 0.6) is 0 Å². The van der Waals surface area contributed by atoms with E-state index in [1.54, 1.807) is 12.1 Å². The Balaban J connectivity index is 2.50. The van der Waals surface area contributed by atoms with Crippen molar-refractivity contribution >= 4 is 23.2 Å². The Morgan fingerprint density at radius 2 is 2.00 bits per heavy atom. The maximum absolute atomic E-state index is 12.2. The van der Waals surface area contributed by atoms with Gasteiger partial charge in [-0.25, -0.2) is 0 Å². The molecule has 118 valence electrons. The van der Waals surface area contributed by atoms with Crippen molar-refractivity contribution in [3.63, 3.8) is 0 Å². The van der Waals surface area contributed by atoms with Crippen molar-refractivity contribution in [2.75, 3.05) is 31.6 Å². The Morgan fingerprint density at radius 3 is 2.71 bits per heavy atom. The molecule has 1 aromatic carbocycles. The molecule has 0 aromatic heterocycles. The number of amides is 1. The van der Waals surface area contributed by atoms with E-state index in [4.69, 9.17) is 16.3 Å². The highest BCUT2D eigenvalue weighted by molar-refractivity contribution is 6.31. The van der Waals surface area contributed by atoms with Crippen LogP contribution in [-0.4, -0.2) is 32.2 Å². The Labute approximate surface area is 132 Å². The molecule has 0 aliphatic rings. The third-order valence-corrected chi connectivity index (χ3v) is 3.13. The molecule has 0 aliphatic carbocycles. The van der Waals surface area contributed by atoms with Crippen molar-refractivity contribution in [3.8, 4) is 0 Å². The molecule has 2 N–H and O–H groups in total. The molecule has 0 saturated heterocycles. The molecule has 0 unspecified atom stereocenters. The van der Waals surface area contributed by atoms with Crippen LogP contribution in [0.3, 0.4) is 0 Å². The second-order valence-electron chi connectivity index (χ2n) is 4.84. The molecule has 5 heteroatoms. The van der Waals surface area contributed by atoms with Gasteiger partial charge in [0.05, 0.1) is 5.56 Å². The van der Waals surface area contributed by atoms with E-state index >= 15 is 0 Å². The average molecular weight is 313 g/mol. The third kappa shape index (κ3) is 6.82. The molecule has 0 radical (unpaired) electrons. The maximum Gasteiger partial charge on any atom is 0.253 e. The predicted molar refractivity (Wildman–Crippen MR) is 88.3 cm³/mol. The summed E-state index contributed by atoms with van der Waals surface area (Å²) in [5, 5.41) is 6.71. The molecule has 1 aromatic rings. The van der Waals surface area contributed by atoms with Crippen molar-refractivity contribution in [1.82, 2.24) is 5.32 Å². The van der Waals surface area contributed by atoms with Crippen LogP contribution in [0.15, 0.2) is 18.2 Å². The van der Waals surface area contributed by atoms with Crippen molar-refractivity contribution in [3.05, 3.63) is 28.8 Å². The largest absolute Gasteiger partial charge is 0.384 e. The van der Waals surface area contributed by atoms with E-state index in [0.29, 0.717) is 23.7 Å². The fourth-order valence-corrected chi connectivity index (χ4v) is 2.01. The van der Waals surface area contributed by atoms with Gasteiger partial charge in [0.15, 0.2) is 0 Å². The highest BCUT2D eigenvalue weighted by Gasteiger charge is 2.11. The predicted octanol–water partition coefficient (Wildman–Crippen LogP) is 3.71. The first kappa shape index (κ1) is 17.8. The van der Waals surface area contributed by atoms with Crippen LogP contribution in [0.4, 0.5) is 5.69 Å². The molecule has 21 heavy (non-hydrogen) atoms. The monoisotopic (exact) mass is 312 g/mol. The Kier molecular flexibility index (Phi) is 8.87. The summed E-state index contributed by atoms with van der Waals surface area (Å²) in [7, 11) is 0. The van der Waals surface area contributed by atoms with E-state index < -0.39 is 0 Å². The summed E-state index contributed by atoms with van der Waals surface area (Å²) in [4.78, 5) is 12.2. The van der Waals surface area contributed by atoms with Crippen LogP contribution in [0, 0.1) is 0 Å². The maximum atomic E-state index is 12.2. The van der Waals surface area contributed by atoms with Gasteiger partial charge in [-0.2, -0.15) is 0 Å². The lowest BCUT2D eigenvalue weighted by molar-refractivity contribution is 0.0942. The summed E-state index contributed by atoms with van der Waals surface area (Å²) < 4.78 is 5.38. The molecule has 1 amide bonds. The fraction of sp³-hybridized carbons (Fsp3) is 0.562. The minimum Gasteiger partial charge on any atom is -0.384 e. The number of hydrogen-bond acceptors (Lipinski definition) is 3. The van der Waals surface area contributed by atoms with E-state index in [2.05, 4.69) is 24.5 Å². The first-order chi connectivity index (χ1) is 10.2. The van der Waals surface area contributed by atoms with Gasteiger partial charge >= 0.3 is 0 Å². The molecule has 4 nitrogen and oxygen atoms in total. The number of ether oxygens (including phenoxy) is 1. The van der Waals surface area contributed by atoms with Gasteiger partial charge in [0.25, 0.3) is 5.91 Å². The summed E-state index contributed by atoms with van der Waals surface area (Å²) in [6.45, 7) is 7.03. The van der Waals surface area contributed by atoms with Crippen LogP contribution in [-0.2, 0) is 4.74 Å². The van der Waals surface area contributed by atoms with Crippen LogP contribution in [0.1, 0.15) is 43.5 Å². The van der Waals surface area contributed by atoms with Gasteiger partial charge in [0, 0.05) is 37.0 Å². The third-order valence-electron chi connectivity index (χ3n) is 2.89. The Morgan fingerprint density at radius 1 is 1.19 bits per heavy atom. The normalized spacial score (nSPS) is 10.4. The summed E-state index contributed by atoms with van der Waals surface area (Å²) in [6, 6.07) is 5.33. The SMILES string of the molecule is CCCNc1ccc(Cl)cc1C(=O)NCCCOCCC. The van der Waals surface area contributed by atoms with Gasteiger partial charge in [-0.1, -0.05) is 25.4 Å². The average Bonchev–Trinajstić information content (AvgIpc) is 2.49. The smallest absolute Gasteiger partial charge is 0.253 e. The van der Waals surface area contributed by atoms with E-state index in [-0.39, 0.29) is 5.91 Å². The zero-order valence-electron chi connectivity index (χ0n) is 12.9. The Bertz CT molecular complexity index is 438. The Hall–Kier alpha value is -1.26. The molecule has 0 saturated carbocycles. The number of benzene rings is 1. The van der Waals surface area contributed by atoms with Gasteiger partial charge in [0.2, 0.25) is 0 Å². The number of carbonyl (C=O) groups is 1. The van der Waals surface area contributed by atoms with Crippen molar-refractivity contribution < 1.29 is 9.53 Å². The van der Waals surface area contributed by atoms with Gasteiger partial charge < -0.3 is 15.4 Å². The summed E-state index contributed by atoms with van der Waals surface area (Å²) in [6.07, 6.45) is 2.82. The number of hydrogen-bond donors (Lipinski definition) is 2. The topological polar surface area (TPSA) is 50.4 Å². The zero-order chi connectivity index (χ0) is 15.5. The van der Waals surface area contributed by atoms with E-state index in [1.807, 2.05) is 6.07 Å². The first-order valence-electron chi connectivity index (χ1n) is 7.58. The van der Waals surface area contributed by atoms with Gasteiger partial charge in [-0.15, -0.1) is 0 Å². The fourth-order valence-electron chi connectivity index (χ4n) is 1.84. The zero-order valence-corrected chi connectivity index (χ0v) is 13.6. The molecule has 0 fully saturated rings. The molecule has 0 aliphatic heterocycles. The van der Waals surface area contributed by atoms with Crippen molar-refractivity contribution in [1.29, 1.82) is 0 Å². The van der Waals surface area contributed by atoms with Crippen LogP contribution >= 0.6 is 11.6 Å². The number of halogens is 1. The summed E-state index contributed by atoms with van der Waals surface area (Å²) in [5.74, 6) is -0.105. The van der Waals surface area contributed by atoms with E-state index in [9.17, 15) is 4.79 Å². The minimum absolute atomic E-state index is 0.105. The second-order valence-corrected chi connectivity index (χ2v) is 5.27. The molecule has 1 rings (SSSR count).